The first-order chi connectivity index (χ1) is 15.2. The van der Waals surface area contributed by atoms with E-state index in [4.69, 9.17) is 28.9 Å². The van der Waals surface area contributed by atoms with Crippen molar-refractivity contribution >= 4 is 57.9 Å². The number of hydrogen-bond donors (Lipinski definition) is 3. The lowest BCUT2D eigenvalue weighted by Gasteiger charge is -2.29. The van der Waals surface area contributed by atoms with Crippen LogP contribution in [-0.2, 0) is 4.79 Å². The smallest absolute Gasteiger partial charge is 0.224 e. The molecule has 1 saturated carbocycles. The number of fused-ring (bicyclic) bond motifs is 1. The molecule has 0 atom stereocenters. The Hall–Kier alpha value is -2.65. The highest BCUT2D eigenvalue weighted by atomic mass is 35.5. The molecule has 0 radical (unpaired) electrons. The standard InChI is InChI=1S/C21H24Cl2FN7O/c1-10(2)27-20-26-9-16-19(30-20)31(13-5-3-11(4-6-13)18(25)32)21(28-16)29-17-14(22)7-12(24)8-15(17)23/h7-11,13H,3-6H2,1-2H3,(H2,25,32)(H,28,29)(H,26,27,30)/t11-,13+. The molecule has 0 aliphatic heterocycles. The highest BCUT2D eigenvalue weighted by Gasteiger charge is 2.29. The normalized spacial score (nSPS) is 18.8. The van der Waals surface area contributed by atoms with Gasteiger partial charge in [0.2, 0.25) is 17.8 Å². The number of nitrogens with two attached hydrogens (primary N) is 1. The van der Waals surface area contributed by atoms with E-state index in [1.807, 2.05) is 18.4 Å². The SMILES string of the molecule is CC(C)Nc1ncc2nc(Nc3c(Cl)cc(F)cc3Cl)n([C@H]3CC[C@@H](C(N)=O)CC3)c2n1. The van der Waals surface area contributed by atoms with Gasteiger partial charge in [-0.15, -0.1) is 0 Å². The van der Waals surface area contributed by atoms with Gasteiger partial charge in [-0.2, -0.15) is 4.98 Å². The summed E-state index contributed by atoms with van der Waals surface area (Å²) in [5, 5.41) is 6.64. The maximum atomic E-state index is 13.7. The maximum absolute atomic E-state index is 13.7. The largest absolute Gasteiger partial charge is 0.369 e. The summed E-state index contributed by atoms with van der Waals surface area (Å²) in [5.74, 6) is 0.0241. The second-order valence-electron chi connectivity index (χ2n) is 8.28. The van der Waals surface area contributed by atoms with Crippen molar-refractivity contribution in [3.63, 3.8) is 0 Å². The van der Waals surface area contributed by atoms with Gasteiger partial charge in [-0.3, -0.25) is 9.36 Å². The fourth-order valence-corrected chi connectivity index (χ4v) is 4.60. The van der Waals surface area contributed by atoms with E-state index in [1.165, 1.54) is 12.1 Å². The number of hydrogen-bond acceptors (Lipinski definition) is 6. The van der Waals surface area contributed by atoms with Crippen molar-refractivity contribution < 1.29 is 9.18 Å². The minimum atomic E-state index is -0.529. The molecule has 1 amide bonds. The second-order valence-corrected chi connectivity index (χ2v) is 9.10. The van der Waals surface area contributed by atoms with Crippen molar-refractivity contribution in [3.05, 3.63) is 34.2 Å². The first-order valence-electron chi connectivity index (χ1n) is 10.4. The zero-order chi connectivity index (χ0) is 23.0. The number of nitrogens with one attached hydrogen (secondary N) is 2. The molecule has 2 heterocycles. The van der Waals surface area contributed by atoms with Gasteiger partial charge in [0, 0.05) is 18.0 Å². The van der Waals surface area contributed by atoms with Crippen LogP contribution in [-0.4, -0.2) is 31.5 Å². The molecule has 3 aromatic rings. The lowest BCUT2D eigenvalue weighted by molar-refractivity contribution is -0.122. The molecular weight excluding hydrogens is 456 g/mol. The maximum Gasteiger partial charge on any atom is 0.224 e. The van der Waals surface area contributed by atoms with E-state index in [0.717, 1.165) is 12.8 Å². The highest BCUT2D eigenvalue weighted by molar-refractivity contribution is 6.39. The van der Waals surface area contributed by atoms with Crippen LogP contribution in [0.4, 0.5) is 22.0 Å². The first kappa shape index (κ1) is 22.5. The van der Waals surface area contributed by atoms with Crippen LogP contribution in [0.1, 0.15) is 45.6 Å². The molecule has 2 aromatic heterocycles. The van der Waals surface area contributed by atoms with Crippen molar-refractivity contribution in [3.8, 4) is 0 Å². The Morgan fingerprint density at radius 3 is 2.44 bits per heavy atom. The van der Waals surface area contributed by atoms with Gasteiger partial charge in [0.15, 0.2) is 5.65 Å². The van der Waals surface area contributed by atoms with Gasteiger partial charge < -0.3 is 16.4 Å². The number of benzene rings is 1. The van der Waals surface area contributed by atoms with Crippen molar-refractivity contribution in [2.45, 2.75) is 51.6 Å². The van der Waals surface area contributed by atoms with Crippen LogP contribution in [0.25, 0.3) is 11.2 Å². The number of carbonyl (C=O) groups is 1. The summed E-state index contributed by atoms with van der Waals surface area (Å²) in [6, 6.07) is 2.55. The average Bonchev–Trinajstić information content (AvgIpc) is 3.07. The van der Waals surface area contributed by atoms with E-state index in [0.29, 0.717) is 41.6 Å². The van der Waals surface area contributed by atoms with Crippen LogP contribution in [0.3, 0.4) is 0 Å². The van der Waals surface area contributed by atoms with Crippen molar-refractivity contribution in [2.75, 3.05) is 10.6 Å². The van der Waals surface area contributed by atoms with Gasteiger partial charge in [-0.1, -0.05) is 23.2 Å². The molecular formula is C21H24Cl2FN7O. The molecule has 1 fully saturated rings. The van der Waals surface area contributed by atoms with Gasteiger partial charge in [0.25, 0.3) is 0 Å². The number of anilines is 3. The van der Waals surface area contributed by atoms with Crippen LogP contribution in [0, 0.1) is 11.7 Å². The molecule has 1 aliphatic rings. The van der Waals surface area contributed by atoms with E-state index in [2.05, 4.69) is 25.6 Å². The van der Waals surface area contributed by atoms with Crippen LogP contribution >= 0.6 is 23.2 Å². The number of rotatable bonds is 6. The summed E-state index contributed by atoms with van der Waals surface area (Å²) in [5.41, 5.74) is 7.09. The molecule has 11 heteroatoms. The predicted molar refractivity (Wildman–Crippen MR) is 124 cm³/mol. The summed E-state index contributed by atoms with van der Waals surface area (Å²) in [6.07, 6.45) is 4.47. The van der Waals surface area contributed by atoms with E-state index < -0.39 is 5.82 Å². The molecule has 0 bridgehead atoms. The van der Waals surface area contributed by atoms with Crippen LogP contribution in [0.5, 0.6) is 0 Å². The topological polar surface area (TPSA) is 111 Å². The molecule has 1 aromatic carbocycles. The number of primary amides is 1. The number of amides is 1. The Morgan fingerprint density at radius 2 is 1.84 bits per heavy atom. The van der Waals surface area contributed by atoms with Gasteiger partial charge in [-0.25, -0.2) is 14.4 Å². The minimum Gasteiger partial charge on any atom is -0.369 e. The third-order valence-corrected chi connectivity index (χ3v) is 6.15. The van der Waals surface area contributed by atoms with E-state index in [9.17, 15) is 9.18 Å². The van der Waals surface area contributed by atoms with Crippen molar-refractivity contribution in [1.29, 1.82) is 0 Å². The summed E-state index contributed by atoms with van der Waals surface area (Å²) in [4.78, 5) is 25.3. The third kappa shape index (κ3) is 4.59. The van der Waals surface area contributed by atoms with E-state index in [1.54, 1.807) is 6.20 Å². The molecule has 0 unspecified atom stereocenters. The quantitative estimate of drug-likeness (QED) is 0.455. The number of halogens is 3. The molecule has 8 nitrogen and oxygen atoms in total. The lowest BCUT2D eigenvalue weighted by Crippen LogP contribution is -2.28. The van der Waals surface area contributed by atoms with Gasteiger partial charge in [-0.05, 0) is 51.7 Å². The number of carbonyl (C=O) groups excluding carboxylic acids is 1. The molecule has 4 N–H and O–H groups in total. The minimum absolute atomic E-state index is 0.0258. The molecule has 32 heavy (non-hydrogen) atoms. The van der Waals surface area contributed by atoms with Crippen LogP contribution < -0.4 is 16.4 Å². The van der Waals surface area contributed by atoms with Gasteiger partial charge in [0.05, 0.1) is 21.9 Å². The monoisotopic (exact) mass is 479 g/mol. The van der Waals surface area contributed by atoms with Crippen LogP contribution in [0.15, 0.2) is 18.3 Å². The van der Waals surface area contributed by atoms with Gasteiger partial charge in [0.1, 0.15) is 11.3 Å². The number of aromatic nitrogens is 4. The fraction of sp³-hybridized carbons (Fsp3) is 0.429. The zero-order valence-electron chi connectivity index (χ0n) is 17.7. The van der Waals surface area contributed by atoms with E-state index in [-0.39, 0.29) is 34.0 Å². The van der Waals surface area contributed by atoms with Crippen molar-refractivity contribution in [1.82, 2.24) is 19.5 Å². The Morgan fingerprint density at radius 1 is 1.19 bits per heavy atom. The summed E-state index contributed by atoms with van der Waals surface area (Å²) >= 11 is 12.5. The molecule has 1 aliphatic carbocycles. The molecule has 0 spiro atoms. The average molecular weight is 480 g/mol. The molecule has 4 rings (SSSR count). The molecule has 0 saturated heterocycles. The Balaban J connectivity index is 1.78. The Bertz CT molecular complexity index is 1140. The lowest BCUT2D eigenvalue weighted by atomic mass is 9.85. The summed E-state index contributed by atoms with van der Waals surface area (Å²) in [6.45, 7) is 4.00. The fourth-order valence-electron chi connectivity index (χ4n) is 4.04. The Labute approximate surface area is 194 Å². The predicted octanol–water partition coefficient (Wildman–Crippen LogP) is 5.05. The third-order valence-electron chi connectivity index (χ3n) is 5.56. The van der Waals surface area contributed by atoms with Crippen molar-refractivity contribution in [2.24, 2.45) is 11.7 Å². The highest BCUT2D eigenvalue weighted by Crippen LogP contribution is 2.39. The van der Waals surface area contributed by atoms with E-state index >= 15 is 0 Å². The summed E-state index contributed by atoms with van der Waals surface area (Å²) in [7, 11) is 0. The van der Waals surface area contributed by atoms with Crippen LogP contribution in [0.2, 0.25) is 10.0 Å². The zero-order valence-corrected chi connectivity index (χ0v) is 19.2. The van der Waals surface area contributed by atoms with Gasteiger partial charge >= 0.3 is 0 Å². The number of nitrogens with zero attached hydrogens (tertiary/aromatic N) is 4. The summed E-state index contributed by atoms with van der Waals surface area (Å²) < 4.78 is 15.6. The molecule has 170 valence electrons. The Kier molecular flexibility index (Phi) is 6.39. The number of imidazole rings is 1. The first-order valence-corrected chi connectivity index (χ1v) is 11.2. The second kappa shape index (κ2) is 9.07.